The molecule has 28 heavy (non-hydrogen) atoms. The van der Waals surface area contributed by atoms with Crippen LogP contribution < -0.4 is 18.9 Å². The number of rotatable bonds is 8. The van der Waals surface area contributed by atoms with Gasteiger partial charge in [-0.3, -0.25) is 0 Å². The van der Waals surface area contributed by atoms with Crippen LogP contribution in [0.15, 0.2) is 47.6 Å². The molecule has 1 N–H and O–H groups in total. The zero-order chi connectivity index (χ0) is 19.9. The van der Waals surface area contributed by atoms with Gasteiger partial charge in [-0.15, -0.1) is 0 Å². The van der Waals surface area contributed by atoms with Gasteiger partial charge in [0.15, 0.2) is 17.3 Å². The molecule has 1 aromatic heterocycles. The summed E-state index contributed by atoms with van der Waals surface area (Å²) in [5, 5.41) is 11.3. The van der Waals surface area contributed by atoms with Crippen LogP contribution in [0.2, 0.25) is 0 Å². The van der Waals surface area contributed by atoms with Crippen LogP contribution >= 0.6 is 12.2 Å². The Labute approximate surface area is 167 Å². The van der Waals surface area contributed by atoms with E-state index in [1.165, 1.54) is 4.68 Å². The van der Waals surface area contributed by atoms with Crippen molar-refractivity contribution in [2.24, 2.45) is 5.10 Å². The zero-order valence-corrected chi connectivity index (χ0v) is 16.5. The van der Waals surface area contributed by atoms with E-state index in [0.717, 1.165) is 5.75 Å². The first-order chi connectivity index (χ1) is 13.7. The lowest BCUT2D eigenvalue weighted by molar-refractivity contribution is 0.290. The number of nitrogens with one attached hydrogen (secondary N) is 1. The van der Waals surface area contributed by atoms with E-state index in [9.17, 15) is 0 Å². The Morgan fingerprint density at radius 2 is 1.79 bits per heavy atom. The molecule has 0 atom stereocenters. The maximum atomic E-state index is 5.73. The summed E-state index contributed by atoms with van der Waals surface area (Å²) in [4.78, 5) is 0. The second kappa shape index (κ2) is 9.05. The van der Waals surface area contributed by atoms with Gasteiger partial charge in [0.25, 0.3) is 0 Å². The van der Waals surface area contributed by atoms with Gasteiger partial charge in [-0.2, -0.15) is 14.9 Å². The minimum Gasteiger partial charge on any atom is -0.493 e. The van der Waals surface area contributed by atoms with Gasteiger partial charge in [0.05, 0.1) is 27.5 Å². The highest BCUT2D eigenvalue weighted by atomic mass is 32.1. The molecule has 0 aliphatic heterocycles. The van der Waals surface area contributed by atoms with Gasteiger partial charge in [-0.1, -0.05) is 18.2 Å². The Morgan fingerprint density at radius 3 is 2.46 bits per heavy atom. The number of methoxy groups -OCH3 is 3. The highest BCUT2D eigenvalue weighted by molar-refractivity contribution is 7.71. The predicted molar refractivity (Wildman–Crippen MR) is 107 cm³/mol. The van der Waals surface area contributed by atoms with E-state index in [-0.39, 0.29) is 6.61 Å². The lowest BCUT2D eigenvalue weighted by Crippen LogP contribution is -2.04. The van der Waals surface area contributed by atoms with E-state index in [4.69, 9.17) is 31.2 Å². The van der Waals surface area contributed by atoms with E-state index < -0.39 is 0 Å². The molecule has 3 aromatic rings. The average molecular weight is 400 g/mol. The number of aromatic amines is 1. The molecule has 3 rings (SSSR count). The highest BCUT2D eigenvalue weighted by Crippen LogP contribution is 2.39. The molecule has 0 saturated carbocycles. The first-order valence-electron chi connectivity index (χ1n) is 8.35. The Hall–Kier alpha value is -3.33. The standard InChI is InChI=1S/C19H20N4O4S/c1-24-15-10-9-13(17(25-2)18(15)26-3)11-20-23-16(21-22-19(23)28)12-27-14-7-5-4-6-8-14/h4-11H,12H2,1-3H3,(H,22,28). The molecule has 0 radical (unpaired) electrons. The van der Waals surface area contributed by atoms with Crippen molar-refractivity contribution in [1.82, 2.24) is 14.9 Å². The van der Waals surface area contributed by atoms with E-state index in [1.54, 1.807) is 33.6 Å². The number of hydrogen-bond donors (Lipinski definition) is 1. The number of nitrogens with zero attached hydrogens (tertiary/aromatic N) is 3. The number of ether oxygens (including phenoxy) is 4. The second-order valence-electron chi connectivity index (χ2n) is 5.53. The van der Waals surface area contributed by atoms with Crippen LogP contribution in [0.3, 0.4) is 0 Å². The average Bonchev–Trinajstić information content (AvgIpc) is 3.09. The Morgan fingerprint density at radius 1 is 1.04 bits per heavy atom. The van der Waals surface area contributed by atoms with Crippen molar-refractivity contribution in [3.63, 3.8) is 0 Å². The van der Waals surface area contributed by atoms with Gasteiger partial charge >= 0.3 is 0 Å². The van der Waals surface area contributed by atoms with Gasteiger partial charge in [-0.25, -0.2) is 5.10 Å². The Bertz CT molecular complexity index is 1010. The predicted octanol–water partition coefficient (Wildman–Crippen LogP) is 3.43. The minimum absolute atomic E-state index is 0.206. The molecule has 0 fully saturated rings. The summed E-state index contributed by atoms with van der Waals surface area (Å²) in [6.45, 7) is 0.206. The molecule has 146 valence electrons. The summed E-state index contributed by atoms with van der Waals surface area (Å²) in [5.74, 6) is 2.81. The normalized spacial score (nSPS) is 10.8. The monoisotopic (exact) mass is 400 g/mol. The van der Waals surface area contributed by atoms with Gasteiger partial charge in [0, 0.05) is 5.56 Å². The third-order valence-corrected chi connectivity index (χ3v) is 4.14. The van der Waals surface area contributed by atoms with Crippen LogP contribution in [-0.2, 0) is 6.61 Å². The van der Waals surface area contributed by atoms with E-state index in [0.29, 0.717) is 33.4 Å². The SMILES string of the molecule is COc1ccc(C=Nn2c(COc3ccccc3)n[nH]c2=S)c(OC)c1OC. The number of H-pyrrole nitrogens is 1. The highest BCUT2D eigenvalue weighted by Gasteiger charge is 2.15. The molecular weight excluding hydrogens is 380 g/mol. The Balaban J connectivity index is 1.87. The number of para-hydroxylation sites is 1. The zero-order valence-electron chi connectivity index (χ0n) is 15.7. The fraction of sp³-hybridized carbons (Fsp3) is 0.211. The molecule has 1 heterocycles. The first kappa shape index (κ1) is 19.4. The van der Waals surface area contributed by atoms with Crippen molar-refractivity contribution < 1.29 is 18.9 Å². The topological polar surface area (TPSA) is 82.9 Å². The Kier molecular flexibility index (Phi) is 6.28. The third-order valence-electron chi connectivity index (χ3n) is 3.88. The molecule has 0 amide bonds. The molecule has 0 aliphatic rings. The van der Waals surface area contributed by atoms with Crippen molar-refractivity contribution in [2.75, 3.05) is 21.3 Å². The van der Waals surface area contributed by atoms with Crippen LogP contribution in [-0.4, -0.2) is 42.4 Å². The van der Waals surface area contributed by atoms with Gasteiger partial charge in [0.2, 0.25) is 10.5 Å². The third kappa shape index (κ3) is 4.15. The van der Waals surface area contributed by atoms with E-state index in [1.807, 2.05) is 36.4 Å². The van der Waals surface area contributed by atoms with Gasteiger partial charge < -0.3 is 18.9 Å². The smallest absolute Gasteiger partial charge is 0.216 e. The van der Waals surface area contributed by atoms with Crippen LogP contribution in [0.25, 0.3) is 0 Å². The second-order valence-corrected chi connectivity index (χ2v) is 5.91. The van der Waals surface area contributed by atoms with Crippen LogP contribution in [0, 0.1) is 4.77 Å². The molecule has 9 heteroatoms. The lowest BCUT2D eigenvalue weighted by atomic mass is 10.2. The lowest BCUT2D eigenvalue weighted by Gasteiger charge is -2.13. The summed E-state index contributed by atoms with van der Waals surface area (Å²) < 4.78 is 23.7. The van der Waals surface area contributed by atoms with Crippen molar-refractivity contribution >= 4 is 18.4 Å². The van der Waals surface area contributed by atoms with Crippen LogP contribution in [0.4, 0.5) is 0 Å². The molecule has 0 saturated heterocycles. The van der Waals surface area contributed by atoms with Gasteiger partial charge in [-0.05, 0) is 36.5 Å². The van der Waals surface area contributed by atoms with E-state index >= 15 is 0 Å². The van der Waals surface area contributed by atoms with Crippen LogP contribution in [0.5, 0.6) is 23.0 Å². The summed E-state index contributed by atoms with van der Waals surface area (Å²) in [6.07, 6.45) is 1.61. The fourth-order valence-corrected chi connectivity index (χ4v) is 2.75. The maximum absolute atomic E-state index is 5.73. The summed E-state index contributed by atoms with van der Waals surface area (Å²) in [7, 11) is 4.67. The number of aromatic nitrogens is 3. The molecule has 0 spiro atoms. The molecule has 2 aromatic carbocycles. The first-order valence-corrected chi connectivity index (χ1v) is 8.76. The fourth-order valence-electron chi connectivity index (χ4n) is 2.55. The number of benzene rings is 2. The molecular formula is C19H20N4O4S. The van der Waals surface area contributed by atoms with Crippen molar-refractivity contribution in [2.45, 2.75) is 6.61 Å². The molecule has 0 aliphatic carbocycles. The summed E-state index contributed by atoms with van der Waals surface area (Å²) in [5.41, 5.74) is 0.693. The summed E-state index contributed by atoms with van der Waals surface area (Å²) >= 11 is 5.27. The minimum atomic E-state index is 0.206. The summed E-state index contributed by atoms with van der Waals surface area (Å²) in [6, 6.07) is 13.0. The van der Waals surface area contributed by atoms with Crippen molar-refractivity contribution in [1.29, 1.82) is 0 Å². The number of hydrogen-bond acceptors (Lipinski definition) is 7. The van der Waals surface area contributed by atoms with Crippen molar-refractivity contribution in [3.8, 4) is 23.0 Å². The molecule has 8 nitrogen and oxygen atoms in total. The largest absolute Gasteiger partial charge is 0.493 e. The molecule has 0 bridgehead atoms. The quantitative estimate of drug-likeness (QED) is 0.461. The van der Waals surface area contributed by atoms with Gasteiger partial charge in [0.1, 0.15) is 12.4 Å². The van der Waals surface area contributed by atoms with Crippen LogP contribution in [0.1, 0.15) is 11.4 Å². The molecule has 0 unspecified atom stereocenters. The van der Waals surface area contributed by atoms with E-state index in [2.05, 4.69) is 15.3 Å². The van der Waals surface area contributed by atoms with Crippen molar-refractivity contribution in [3.05, 3.63) is 58.6 Å². The maximum Gasteiger partial charge on any atom is 0.216 e.